The van der Waals surface area contributed by atoms with E-state index < -0.39 is 0 Å². The lowest BCUT2D eigenvalue weighted by Crippen LogP contribution is -1.95. The fourth-order valence-electron chi connectivity index (χ4n) is 3.19. The van der Waals surface area contributed by atoms with Crippen LogP contribution in [0.2, 0.25) is 0 Å². The summed E-state index contributed by atoms with van der Waals surface area (Å²) < 4.78 is 13.8. The highest BCUT2D eigenvalue weighted by molar-refractivity contribution is 6.03. The summed E-state index contributed by atoms with van der Waals surface area (Å²) in [5, 5.41) is 3.07. The fraction of sp³-hybridized carbons (Fsp3) is 0.0952. The molecule has 0 saturated carbocycles. The number of para-hydroxylation sites is 1. The molecule has 7 heteroatoms. The maximum atomic E-state index is 5.98. The van der Waals surface area contributed by atoms with E-state index in [-0.39, 0.29) is 0 Å². The molecular formula is C21H17N5O2. The fourth-order valence-corrected chi connectivity index (χ4v) is 3.19. The van der Waals surface area contributed by atoms with E-state index in [1.165, 1.54) is 0 Å². The Balaban J connectivity index is 1.61. The first-order chi connectivity index (χ1) is 13.7. The van der Waals surface area contributed by atoms with Gasteiger partial charge in [-0.15, -0.1) is 0 Å². The third-order valence-electron chi connectivity index (χ3n) is 4.50. The lowest BCUT2D eigenvalue weighted by Gasteiger charge is -2.06. The van der Waals surface area contributed by atoms with Crippen molar-refractivity contribution in [1.82, 2.24) is 19.5 Å². The molecule has 5 rings (SSSR count). The van der Waals surface area contributed by atoms with Gasteiger partial charge in [0.2, 0.25) is 5.89 Å². The summed E-state index contributed by atoms with van der Waals surface area (Å²) in [7, 11) is 3.74. The summed E-state index contributed by atoms with van der Waals surface area (Å²) in [6, 6.07) is 17.3. The Morgan fingerprint density at radius 1 is 0.964 bits per heavy atom. The van der Waals surface area contributed by atoms with Crippen molar-refractivity contribution < 1.29 is 9.15 Å². The number of pyridine rings is 1. The van der Waals surface area contributed by atoms with Crippen molar-refractivity contribution in [2.75, 3.05) is 12.4 Å². The third-order valence-corrected chi connectivity index (χ3v) is 4.50. The first kappa shape index (κ1) is 16.3. The Bertz CT molecular complexity index is 1290. The van der Waals surface area contributed by atoms with Crippen molar-refractivity contribution >= 4 is 28.1 Å². The van der Waals surface area contributed by atoms with Crippen LogP contribution in [-0.4, -0.2) is 26.6 Å². The summed E-state index contributed by atoms with van der Waals surface area (Å²) in [5.74, 6) is 2.62. The van der Waals surface area contributed by atoms with Crippen molar-refractivity contribution in [2.24, 2.45) is 7.05 Å². The second-order valence-corrected chi connectivity index (χ2v) is 6.38. The lowest BCUT2D eigenvalue weighted by atomic mass is 10.2. The van der Waals surface area contributed by atoms with Crippen molar-refractivity contribution in [1.29, 1.82) is 0 Å². The van der Waals surface area contributed by atoms with Crippen LogP contribution in [0.15, 0.2) is 65.3 Å². The predicted octanol–water partition coefficient (Wildman–Crippen LogP) is 4.61. The minimum atomic E-state index is 0.463. The second-order valence-electron chi connectivity index (χ2n) is 6.38. The van der Waals surface area contributed by atoms with E-state index in [1.54, 1.807) is 6.33 Å². The Kier molecular flexibility index (Phi) is 3.72. The van der Waals surface area contributed by atoms with Crippen LogP contribution in [0.5, 0.6) is 11.5 Å². The maximum Gasteiger partial charge on any atom is 0.251 e. The van der Waals surface area contributed by atoms with Gasteiger partial charge in [0.25, 0.3) is 5.71 Å². The molecule has 1 N–H and O–H groups in total. The molecule has 28 heavy (non-hydrogen) atoms. The van der Waals surface area contributed by atoms with E-state index >= 15 is 0 Å². The molecule has 3 aromatic heterocycles. The molecule has 0 unspecified atom stereocenters. The molecule has 5 aromatic rings. The smallest absolute Gasteiger partial charge is 0.251 e. The molecule has 0 spiro atoms. The van der Waals surface area contributed by atoms with Crippen molar-refractivity contribution in [2.45, 2.75) is 0 Å². The van der Waals surface area contributed by atoms with E-state index in [2.05, 4.69) is 15.3 Å². The number of hydrogen-bond acceptors (Lipinski definition) is 6. The van der Waals surface area contributed by atoms with Gasteiger partial charge >= 0.3 is 0 Å². The molecule has 0 amide bonds. The number of ether oxygens (including phenoxy) is 1. The quantitative estimate of drug-likeness (QED) is 0.497. The van der Waals surface area contributed by atoms with Crippen LogP contribution in [0.1, 0.15) is 0 Å². The molecule has 0 atom stereocenters. The van der Waals surface area contributed by atoms with Gasteiger partial charge in [0.1, 0.15) is 22.5 Å². The molecule has 7 nitrogen and oxygen atoms in total. The van der Waals surface area contributed by atoms with Crippen LogP contribution in [0, 0.1) is 0 Å². The van der Waals surface area contributed by atoms with Crippen molar-refractivity contribution in [3.8, 4) is 23.0 Å². The Morgan fingerprint density at radius 2 is 1.79 bits per heavy atom. The summed E-state index contributed by atoms with van der Waals surface area (Å²) in [6.45, 7) is 0. The van der Waals surface area contributed by atoms with Crippen molar-refractivity contribution in [3.63, 3.8) is 0 Å². The number of fused-ring (bicyclic) bond motifs is 3. The minimum Gasteiger partial charge on any atom is -0.457 e. The number of benzene rings is 2. The topological polar surface area (TPSA) is 78.0 Å². The monoisotopic (exact) mass is 371 g/mol. The lowest BCUT2D eigenvalue weighted by molar-refractivity contribution is 0.482. The van der Waals surface area contributed by atoms with E-state index in [0.717, 1.165) is 22.3 Å². The number of anilines is 1. The number of oxazole rings is 1. The standard InChI is InChI=1S/C21H17N5O2/c1-22-19-16-18(26(2)12-23-16)17-21(25-19)28-20(24-17)13-7-6-10-15(11-13)27-14-8-4-3-5-9-14/h3-12H,1-2H3,(H,22,25). The number of nitrogens with zero attached hydrogens (tertiary/aromatic N) is 4. The SMILES string of the molecule is CNc1nc2oc(-c3cccc(Oc4ccccc4)c3)nc2c2c1ncn2C. The third kappa shape index (κ3) is 2.64. The molecule has 0 fully saturated rings. The van der Waals surface area contributed by atoms with Gasteiger partial charge in [0, 0.05) is 19.7 Å². The van der Waals surface area contributed by atoms with Crippen LogP contribution >= 0.6 is 0 Å². The van der Waals surface area contributed by atoms with E-state index in [0.29, 0.717) is 28.7 Å². The number of aromatic nitrogens is 4. The van der Waals surface area contributed by atoms with Crippen LogP contribution in [0.4, 0.5) is 5.82 Å². The maximum absolute atomic E-state index is 5.98. The normalized spacial score (nSPS) is 11.2. The van der Waals surface area contributed by atoms with E-state index in [4.69, 9.17) is 14.1 Å². The van der Waals surface area contributed by atoms with Gasteiger partial charge in [0.05, 0.1) is 6.33 Å². The number of nitrogens with one attached hydrogen (secondary N) is 1. The number of hydrogen-bond donors (Lipinski definition) is 1. The molecule has 0 aliphatic heterocycles. The zero-order valence-corrected chi connectivity index (χ0v) is 15.4. The molecule has 0 radical (unpaired) electrons. The molecule has 0 aliphatic carbocycles. The molecular weight excluding hydrogens is 354 g/mol. The summed E-state index contributed by atoms with van der Waals surface area (Å²) in [5.41, 5.74) is 3.59. The van der Waals surface area contributed by atoms with Gasteiger partial charge in [-0.05, 0) is 30.3 Å². The van der Waals surface area contributed by atoms with Crippen LogP contribution in [-0.2, 0) is 7.05 Å². The largest absolute Gasteiger partial charge is 0.457 e. The first-order valence-corrected chi connectivity index (χ1v) is 8.85. The number of rotatable bonds is 4. The zero-order valence-electron chi connectivity index (χ0n) is 15.4. The highest BCUT2D eigenvalue weighted by Crippen LogP contribution is 2.32. The first-order valence-electron chi connectivity index (χ1n) is 8.85. The predicted molar refractivity (Wildman–Crippen MR) is 108 cm³/mol. The van der Waals surface area contributed by atoms with E-state index in [1.807, 2.05) is 73.3 Å². The number of imidazole rings is 1. The van der Waals surface area contributed by atoms with Gasteiger partial charge in [-0.1, -0.05) is 24.3 Å². The van der Waals surface area contributed by atoms with Crippen LogP contribution in [0.3, 0.4) is 0 Å². The molecule has 0 aliphatic rings. The van der Waals surface area contributed by atoms with Gasteiger partial charge in [0.15, 0.2) is 11.3 Å². The molecule has 0 saturated heterocycles. The summed E-state index contributed by atoms with van der Waals surface area (Å²) in [4.78, 5) is 13.6. The number of aryl methyl sites for hydroxylation is 1. The Morgan fingerprint density at radius 3 is 2.61 bits per heavy atom. The highest BCUT2D eigenvalue weighted by atomic mass is 16.5. The van der Waals surface area contributed by atoms with Gasteiger partial charge in [-0.25, -0.2) is 9.97 Å². The van der Waals surface area contributed by atoms with E-state index in [9.17, 15) is 0 Å². The van der Waals surface area contributed by atoms with Crippen molar-refractivity contribution in [3.05, 3.63) is 60.9 Å². The average molecular weight is 371 g/mol. The van der Waals surface area contributed by atoms with Crippen LogP contribution in [0.25, 0.3) is 33.7 Å². The van der Waals surface area contributed by atoms with Gasteiger partial charge in [-0.3, -0.25) is 0 Å². The molecule has 0 bridgehead atoms. The Labute approximate surface area is 160 Å². The summed E-state index contributed by atoms with van der Waals surface area (Å²) >= 11 is 0. The minimum absolute atomic E-state index is 0.463. The molecule has 138 valence electrons. The second kappa shape index (κ2) is 6.38. The highest BCUT2D eigenvalue weighted by Gasteiger charge is 2.18. The molecule has 3 heterocycles. The summed E-state index contributed by atoms with van der Waals surface area (Å²) in [6.07, 6.45) is 1.75. The van der Waals surface area contributed by atoms with Crippen LogP contribution < -0.4 is 10.1 Å². The van der Waals surface area contributed by atoms with Gasteiger partial charge < -0.3 is 19.0 Å². The molecule has 2 aromatic carbocycles. The Hall–Kier alpha value is -3.87. The zero-order chi connectivity index (χ0) is 19.1. The average Bonchev–Trinajstić information content (AvgIpc) is 3.32. The van der Waals surface area contributed by atoms with Gasteiger partial charge in [-0.2, -0.15) is 4.98 Å².